The molecule has 0 atom stereocenters. The molecule has 0 saturated carbocycles. The van der Waals surface area contributed by atoms with Gasteiger partial charge in [-0.3, -0.25) is 4.98 Å². The van der Waals surface area contributed by atoms with Crippen LogP contribution in [0.2, 0.25) is 0 Å². The lowest BCUT2D eigenvalue weighted by molar-refractivity contribution is 1.33. The largest absolute Gasteiger partial charge is 0.256 e. The fourth-order valence-electron chi connectivity index (χ4n) is 2.83. The minimum atomic E-state index is 0.735. The van der Waals surface area contributed by atoms with E-state index < -0.39 is 0 Å². The first-order valence-corrected chi connectivity index (χ1v) is 7.85. The monoisotopic (exact) mass is 300 g/mol. The minimum Gasteiger partial charge on any atom is -0.256 e. The molecule has 0 amide bonds. The molecule has 2 heterocycles. The summed E-state index contributed by atoms with van der Waals surface area (Å²) in [4.78, 5) is 8.10. The van der Waals surface area contributed by atoms with E-state index in [0.717, 1.165) is 22.5 Å². The Morgan fingerprint density at radius 2 is 1.82 bits per heavy atom. The number of benzene rings is 2. The van der Waals surface area contributed by atoms with Crippen LogP contribution < -0.4 is 0 Å². The SMILES string of the molecule is [C-]#[N+]c1ccc2c(sc3c(-c4ccccn4)cccc32)c1C. The first-order chi connectivity index (χ1) is 10.8. The number of thiophene rings is 1. The average molecular weight is 300 g/mol. The van der Waals surface area contributed by atoms with Gasteiger partial charge >= 0.3 is 0 Å². The van der Waals surface area contributed by atoms with Gasteiger partial charge in [-0.1, -0.05) is 36.4 Å². The van der Waals surface area contributed by atoms with Gasteiger partial charge in [0.15, 0.2) is 5.69 Å². The second kappa shape index (κ2) is 4.94. The van der Waals surface area contributed by atoms with Crippen molar-refractivity contribution < 1.29 is 0 Å². The van der Waals surface area contributed by atoms with E-state index in [0.29, 0.717) is 0 Å². The maximum Gasteiger partial charge on any atom is 0.191 e. The first-order valence-electron chi connectivity index (χ1n) is 7.03. The summed E-state index contributed by atoms with van der Waals surface area (Å²) >= 11 is 1.76. The zero-order valence-electron chi connectivity index (χ0n) is 12.0. The highest BCUT2D eigenvalue weighted by molar-refractivity contribution is 7.26. The zero-order valence-corrected chi connectivity index (χ0v) is 12.8. The Hall–Kier alpha value is -2.70. The van der Waals surface area contributed by atoms with Crippen molar-refractivity contribution in [3.63, 3.8) is 0 Å². The maximum atomic E-state index is 7.29. The lowest BCUT2D eigenvalue weighted by Gasteiger charge is -2.01. The first kappa shape index (κ1) is 13.0. The third-order valence-electron chi connectivity index (χ3n) is 3.95. The third-order valence-corrected chi connectivity index (χ3v) is 5.32. The lowest BCUT2D eigenvalue weighted by Crippen LogP contribution is -1.81. The summed E-state index contributed by atoms with van der Waals surface area (Å²) in [5.74, 6) is 0. The maximum absolute atomic E-state index is 7.29. The normalized spacial score (nSPS) is 10.9. The van der Waals surface area contributed by atoms with Gasteiger partial charge in [-0.25, -0.2) is 4.85 Å². The van der Waals surface area contributed by atoms with Crippen LogP contribution in [0.15, 0.2) is 54.7 Å². The number of aromatic nitrogens is 1. The molecule has 0 aliphatic rings. The summed E-state index contributed by atoms with van der Waals surface area (Å²) in [6.45, 7) is 9.32. The van der Waals surface area contributed by atoms with Crippen LogP contribution >= 0.6 is 11.3 Å². The summed E-state index contributed by atoms with van der Waals surface area (Å²) in [7, 11) is 0. The molecule has 4 aromatic rings. The molecule has 2 aromatic carbocycles. The van der Waals surface area contributed by atoms with Crippen molar-refractivity contribution in [1.29, 1.82) is 0 Å². The summed E-state index contributed by atoms with van der Waals surface area (Å²) in [5.41, 5.74) is 3.95. The molecule has 0 fully saturated rings. The summed E-state index contributed by atoms with van der Waals surface area (Å²) < 4.78 is 2.44. The molecule has 2 aromatic heterocycles. The second-order valence-corrected chi connectivity index (χ2v) is 6.22. The summed E-state index contributed by atoms with van der Waals surface area (Å²) in [6, 6.07) is 16.3. The van der Waals surface area contributed by atoms with Crippen LogP contribution in [-0.2, 0) is 0 Å². The zero-order chi connectivity index (χ0) is 15.1. The number of nitrogens with zero attached hydrogens (tertiary/aromatic N) is 2. The lowest BCUT2D eigenvalue weighted by atomic mass is 10.0. The van der Waals surface area contributed by atoms with Crippen LogP contribution in [-0.4, -0.2) is 4.98 Å². The van der Waals surface area contributed by atoms with Gasteiger partial charge in [0.2, 0.25) is 0 Å². The van der Waals surface area contributed by atoms with E-state index in [1.54, 1.807) is 11.3 Å². The molecule has 4 rings (SSSR count). The molecule has 3 heteroatoms. The Kier molecular flexibility index (Phi) is 2.92. The molecule has 0 bridgehead atoms. The minimum absolute atomic E-state index is 0.735. The van der Waals surface area contributed by atoms with Crippen molar-refractivity contribution in [2.75, 3.05) is 0 Å². The standard InChI is InChI=1S/C19H12N2S/c1-12-16(20-2)10-9-14-13-6-5-7-15(19(13)22-18(12)14)17-8-3-4-11-21-17/h3-11H,1H3. The number of hydrogen-bond donors (Lipinski definition) is 0. The van der Waals surface area contributed by atoms with Gasteiger partial charge < -0.3 is 0 Å². The Morgan fingerprint density at radius 3 is 2.59 bits per heavy atom. The highest BCUT2D eigenvalue weighted by Gasteiger charge is 2.13. The number of pyridine rings is 1. The van der Waals surface area contributed by atoms with E-state index in [9.17, 15) is 0 Å². The van der Waals surface area contributed by atoms with E-state index in [2.05, 4.69) is 34.1 Å². The Labute approximate surface area is 132 Å². The van der Waals surface area contributed by atoms with Crippen molar-refractivity contribution in [2.24, 2.45) is 0 Å². The number of rotatable bonds is 1. The number of aryl methyl sites for hydroxylation is 1. The highest BCUT2D eigenvalue weighted by atomic mass is 32.1. The molecule has 0 radical (unpaired) electrons. The molecule has 0 saturated heterocycles. The van der Waals surface area contributed by atoms with Crippen LogP contribution in [0.5, 0.6) is 0 Å². The Bertz CT molecular complexity index is 1040. The molecule has 0 N–H and O–H groups in total. The van der Waals surface area contributed by atoms with Gasteiger partial charge in [0.1, 0.15) is 0 Å². The molecule has 2 nitrogen and oxygen atoms in total. The van der Waals surface area contributed by atoms with Crippen molar-refractivity contribution in [3.05, 3.63) is 71.7 Å². The smallest absolute Gasteiger partial charge is 0.191 e. The van der Waals surface area contributed by atoms with E-state index in [4.69, 9.17) is 6.57 Å². The quantitative estimate of drug-likeness (QED) is 0.395. The van der Waals surface area contributed by atoms with E-state index in [1.807, 2.05) is 37.4 Å². The molecular formula is C19H12N2S. The Morgan fingerprint density at radius 1 is 0.955 bits per heavy atom. The van der Waals surface area contributed by atoms with Crippen molar-refractivity contribution in [2.45, 2.75) is 6.92 Å². The van der Waals surface area contributed by atoms with Crippen LogP contribution in [0.25, 0.3) is 36.3 Å². The molecule has 0 spiro atoms. The predicted octanol–water partition coefficient (Wildman–Crippen LogP) is 5.98. The van der Waals surface area contributed by atoms with Crippen LogP contribution in [0.1, 0.15) is 5.56 Å². The molecular weight excluding hydrogens is 288 g/mol. The van der Waals surface area contributed by atoms with E-state index in [1.165, 1.54) is 20.2 Å². The van der Waals surface area contributed by atoms with E-state index >= 15 is 0 Å². The molecule has 0 aliphatic carbocycles. The fraction of sp³-hybridized carbons (Fsp3) is 0.0526. The molecule has 104 valence electrons. The molecule has 0 aliphatic heterocycles. The topological polar surface area (TPSA) is 17.2 Å². The van der Waals surface area contributed by atoms with Crippen molar-refractivity contribution >= 4 is 37.2 Å². The van der Waals surface area contributed by atoms with Gasteiger partial charge in [-0.2, -0.15) is 0 Å². The van der Waals surface area contributed by atoms with Crippen molar-refractivity contribution in [1.82, 2.24) is 4.98 Å². The van der Waals surface area contributed by atoms with Gasteiger partial charge in [0, 0.05) is 26.5 Å². The van der Waals surface area contributed by atoms with Gasteiger partial charge in [-0.15, -0.1) is 11.3 Å². The fourth-order valence-corrected chi connectivity index (χ4v) is 4.15. The summed E-state index contributed by atoms with van der Waals surface area (Å²) in [6.07, 6.45) is 1.82. The van der Waals surface area contributed by atoms with E-state index in [-0.39, 0.29) is 0 Å². The number of hydrogen-bond acceptors (Lipinski definition) is 2. The highest BCUT2D eigenvalue weighted by Crippen LogP contribution is 2.42. The average Bonchev–Trinajstić information content (AvgIpc) is 2.96. The van der Waals surface area contributed by atoms with Crippen LogP contribution in [0, 0.1) is 13.5 Å². The predicted molar refractivity (Wildman–Crippen MR) is 93.6 cm³/mol. The van der Waals surface area contributed by atoms with Gasteiger partial charge in [0.25, 0.3) is 0 Å². The Balaban J connectivity index is 2.12. The summed E-state index contributed by atoms with van der Waals surface area (Å²) in [5, 5.41) is 2.46. The molecule has 22 heavy (non-hydrogen) atoms. The van der Waals surface area contributed by atoms with Gasteiger partial charge in [-0.05, 0) is 30.0 Å². The van der Waals surface area contributed by atoms with Crippen LogP contribution in [0.3, 0.4) is 0 Å². The van der Waals surface area contributed by atoms with Crippen molar-refractivity contribution in [3.8, 4) is 11.3 Å². The van der Waals surface area contributed by atoms with Crippen LogP contribution in [0.4, 0.5) is 5.69 Å². The number of fused-ring (bicyclic) bond motifs is 3. The third kappa shape index (κ3) is 1.82. The van der Waals surface area contributed by atoms with Gasteiger partial charge in [0.05, 0.1) is 12.3 Å². The second-order valence-electron chi connectivity index (χ2n) is 5.20. The molecule has 0 unspecified atom stereocenters.